The summed E-state index contributed by atoms with van der Waals surface area (Å²) in [5.74, 6) is 0.502. The zero-order valence-electron chi connectivity index (χ0n) is 13.5. The maximum atomic E-state index is 11.7. The lowest BCUT2D eigenvalue weighted by molar-refractivity contribution is 0.0601. The number of thiazole rings is 1. The SMILES string of the molecule is CCOc1ccc(-c2csc(-c3cccc(C(=O)OC)c3)n2)cc1. The number of esters is 1. The molecule has 4 nitrogen and oxygen atoms in total. The largest absolute Gasteiger partial charge is 0.494 e. The molecule has 2 aromatic carbocycles. The van der Waals surface area contributed by atoms with Gasteiger partial charge in [-0.2, -0.15) is 0 Å². The smallest absolute Gasteiger partial charge is 0.337 e. The zero-order chi connectivity index (χ0) is 16.9. The van der Waals surface area contributed by atoms with Crippen molar-refractivity contribution in [1.82, 2.24) is 4.98 Å². The van der Waals surface area contributed by atoms with Crippen LogP contribution in [0.3, 0.4) is 0 Å². The van der Waals surface area contributed by atoms with E-state index in [0.29, 0.717) is 12.2 Å². The summed E-state index contributed by atoms with van der Waals surface area (Å²) in [6, 6.07) is 15.2. The van der Waals surface area contributed by atoms with E-state index in [-0.39, 0.29) is 5.97 Å². The second-order valence-corrected chi connectivity index (χ2v) is 5.93. The van der Waals surface area contributed by atoms with Crippen LogP contribution in [0.5, 0.6) is 5.75 Å². The second kappa shape index (κ2) is 7.27. The second-order valence-electron chi connectivity index (χ2n) is 5.07. The summed E-state index contributed by atoms with van der Waals surface area (Å²) < 4.78 is 10.2. The van der Waals surface area contributed by atoms with Gasteiger partial charge >= 0.3 is 5.97 Å². The molecule has 0 aliphatic carbocycles. The standard InChI is InChI=1S/C19H17NO3S/c1-3-23-16-9-7-13(8-10-16)17-12-24-18(20-17)14-5-4-6-15(11-14)19(21)22-2/h4-12H,3H2,1-2H3. The van der Waals surface area contributed by atoms with Crippen LogP contribution in [0.1, 0.15) is 17.3 Å². The van der Waals surface area contributed by atoms with Gasteiger partial charge in [-0.05, 0) is 43.3 Å². The predicted octanol–water partition coefficient (Wildman–Crippen LogP) is 4.66. The molecule has 3 rings (SSSR count). The summed E-state index contributed by atoms with van der Waals surface area (Å²) >= 11 is 1.55. The molecule has 0 saturated carbocycles. The highest BCUT2D eigenvalue weighted by Crippen LogP contribution is 2.30. The monoisotopic (exact) mass is 339 g/mol. The first-order valence-corrected chi connectivity index (χ1v) is 8.46. The van der Waals surface area contributed by atoms with E-state index in [1.165, 1.54) is 7.11 Å². The Balaban J connectivity index is 1.86. The van der Waals surface area contributed by atoms with Gasteiger partial charge in [0.05, 0.1) is 25.0 Å². The lowest BCUT2D eigenvalue weighted by atomic mass is 10.1. The van der Waals surface area contributed by atoms with Crippen molar-refractivity contribution in [3.8, 4) is 27.6 Å². The molecular formula is C19H17NO3S. The maximum absolute atomic E-state index is 11.7. The van der Waals surface area contributed by atoms with Gasteiger partial charge in [0.15, 0.2) is 0 Å². The van der Waals surface area contributed by atoms with Gasteiger partial charge in [0.1, 0.15) is 10.8 Å². The quantitative estimate of drug-likeness (QED) is 0.634. The minimum Gasteiger partial charge on any atom is -0.494 e. The van der Waals surface area contributed by atoms with Crippen LogP contribution < -0.4 is 4.74 Å². The van der Waals surface area contributed by atoms with Gasteiger partial charge in [-0.25, -0.2) is 9.78 Å². The molecule has 0 atom stereocenters. The molecule has 24 heavy (non-hydrogen) atoms. The Kier molecular flexibility index (Phi) is 4.91. The molecule has 0 bridgehead atoms. The van der Waals surface area contributed by atoms with E-state index in [2.05, 4.69) is 4.98 Å². The Bertz CT molecular complexity index is 840. The highest BCUT2D eigenvalue weighted by atomic mass is 32.1. The number of hydrogen-bond acceptors (Lipinski definition) is 5. The average molecular weight is 339 g/mol. The molecule has 0 radical (unpaired) electrons. The van der Waals surface area contributed by atoms with Crippen LogP contribution in [-0.2, 0) is 4.74 Å². The topological polar surface area (TPSA) is 48.4 Å². The van der Waals surface area contributed by atoms with Crippen LogP contribution in [0.4, 0.5) is 0 Å². The zero-order valence-corrected chi connectivity index (χ0v) is 14.3. The number of carbonyl (C=O) groups is 1. The Morgan fingerprint density at radius 2 is 1.92 bits per heavy atom. The third kappa shape index (κ3) is 3.46. The van der Waals surface area contributed by atoms with Gasteiger partial charge in [0, 0.05) is 16.5 Å². The number of nitrogens with zero attached hydrogens (tertiary/aromatic N) is 1. The number of aromatic nitrogens is 1. The van der Waals surface area contributed by atoms with Crippen molar-refractivity contribution < 1.29 is 14.3 Å². The van der Waals surface area contributed by atoms with E-state index in [1.54, 1.807) is 23.5 Å². The van der Waals surface area contributed by atoms with Crippen molar-refractivity contribution in [3.05, 3.63) is 59.5 Å². The molecule has 0 amide bonds. The summed E-state index contributed by atoms with van der Waals surface area (Å²) in [7, 11) is 1.38. The van der Waals surface area contributed by atoms with Crippen LogP contribution in [0.2, 0.25) is 0 Å². The van der Waals surface area contributed by atoms with E-state index < -0.39 is 0 Å². The molecule has 0 unspecified atom stereocenters. The molecule has 0 N–H and O–H groups in total. The number of hydrogen-bond donors (Lipinski definition) is 0. The normalized spacial score (nSPS) is 10.4. The Hall–Kier alpha value is -2.66. The minimum atomic E-state index is -0.347. The van der Waals surface area contributed by atoms with Gasteiger partial charge in [-0.15, -0.1) is 11.3 Å². The molecule has 0 fully saturated rings. The summed E-state index contributed by atoms with van der Waals surface area (Å²) in [6.07, 6.45) is 0. The van der Waals surface area contributed by atoms with Crippen molar-refractivity contribution in [1.29, 1.82) is 0 Å². The van der Waals surface area contributed by atoms with Crippen molar-refractivity contribution in [3.63, 3.8) is 0 Å². The molecule has 1 heterocycles. The van der Waals surface area contributed by atoms with Gasteiger partial charge in [0.2, 0.25) is 0 Å². The molecule has 0 aliphatic heterocycles. The summed E-state index contributed by atoms with van der Waals surface area (Å²) in [5, 5.41) is 2.88. The third-order valence-corrected chi connectivity index (χ3v) is 4.39. The van der Waals surface area contributed by atoms with Crippen LogP contribution >= 0.6 is 11.3 Å². The summed E-state index contributed by atoms with van der Waals surface area (Å²) in [4.78, 5) is 16.3. The van der Waals surface area contributed by atoms with Crippen LogP contribution in [0.25, 0.3) is 21.8 Å². The third-order valence-electron chi connectivity index (χ3n) is 3.50. The van der Waals surface area contributed by atoms with Crippen molar-refractivity contribution in [2.75, 3.05) is 13.7 Å². The number of benzene rings is 2. The van der Waals surface area contributed by atoms with E-state index in [1.807, 2.05) is 48.7 Å². The van der Waals surface area contributed by atoms with Crippen molar-refractivity contribution in [2.24, 2.45) is 0 Å². The molecular weight excluding hydrogens is 322 g/mol. The average Bonchev–Trinajstić information content (AvgIpc) is 3.12. The maximum Gasteiger partial charge on any atom is 0.337 e. The van der Waals surface area contributed by atoms with Crippen LogP contribution in [-0.4, -0.2) is 24.7 Å². The molecule has 5 heteroatoms. The number of rotatable bonds is 5. The first-order valence-electron chi connectivity index (χ1n) is 7.58. The Labute approximate surface area is 144 Å². The Morgan fingerprint density at radius 3 is 2.62 bits per heavy atom. The predicted molar refractivity (Wildman–Crippen MR) is 95.5 cm³/mol. The van der Waals surface area contributed by atoms with E-state index in [9.17, 15) is 4.79 Å². The lowest BCUT2D eigenvalue weighted by Gasteiger charge is -2.03. The van der Waals surface area contributed by atoms with Crippen molar-refractivity contribution >= 4 is 17.3 Å². The van der Waals surface area contributed by atoms with E-state index >= 15 is 0 Å². The molecule has 0 aliphatic rings. The lowest BCUT2D eigenvalue weighted by Crippen LogP contribution is -2.00. The van der Waals surface area contributed by atoms with Crippen LogP contribution in [0, 0.1) is 0 Å². The first kappa shape index (κ1) is 16.2. The Morgan fingerprint density at radius 1 is 1.12 bits per heavy atom. The number of methoxy groups -OCH3 is 1. The van der Waals surface area contributed by atoms with E-state index in [4.69, 9.17) is 9.47 Å². The molecule has 1 aromatic heterocycles. The summed E-state index contributed by atoms with van der Waals surface area (Å²) in [6.45, 7) is 2.61. The van der Waals surface area contributed by atoms with Gasteiger partial charge < -0.3 is 9.47 Å². The highest BCUT2D eigenvalue weighted by Gasteiger charge is 2.10. The minimum absolute atomic E-state index is 0.347. The van der Waals surface area contributed by atoms with E-state index in [0.717, 1.165) is 27.6 Å². The van der Waals surface area contributed by atoms with Crippen LogP contribution in [0.15, 0.2) is 53.9 Å². The molecule has 122 valence electrons. The fraction of sp³-hybridized carbons (Fsp3) is 0.158. The molecule has 3 aromatic rings. The van der Waals surface area contributed by atoms with Gasteiger partial charge in [-0.1, -0.05) is 12.1 Å². The van der Waals surface area contributed by atoms with Crippen molar-refractivity contribution in [2.45, 2.75) is 6.92 Å². The van der Waals surface area contributed by atoms with Gasteiger partial charge in [0.25, 0.3) is 0 Å². The molecule has 0 spiro atoms. The fourth-order valence-corrected chi connectivity index (χ4v) is 3.15. The van der Waals surface area contributed by atoms with Gasteiger partial charge in [-0.3, -0.25) is 0 Å². The fourth-order valence-electron chi connectivity index (χ4n) is 2.32. The first-order chi connectivity index (χ1) is 11.7. The number of carbonyl (C=O) groups excluding carboxylic acids is 1. The molecule has 0 saturated heterocycles. The number of ether oxygens (including phenoxy) is 2. The summed E-state index contributed by atoms with van der Waals surface area (Å²) in [5.41, 5.74) is 3.36. The highest BCUT2D eigenvalue weighted by molar-refractivity contribution is 7.13.